The van der Waals surface area contributed by atoms with E-state index in [1.165, 1.54) is 25.7 Å². The van der Waals surface area contributed by atoms with Crippen molar-refractivity contribution in [2.75, 3.05) is 13.2 Å². The topological polar surface area (TPSA) is 21.3 Å². The van der Waals surface area contributed by atoms with Crippen molar-refractivity contribution in [3.8, 4) is 0 Å². The summed E-state index contributed by atoms with van der Waals surface area (Å²) in [6, 6.07) is 0.577. The highest BCUT2D eigenvalue weighted by Gasteiger charge is 2.34. The predicted molar refractivity (Wildman–Crippen MR) is 69.7 cm³/mol. The lowest BCUT2D eigenvalue weighted by Crippen LogP contribution is -2.51. The Bertz CT molecular complexity index is 178. The van der Waals surface area contributed by atoms with E-state index in [0.29, 0.717) is 18.1 Å². The fourth-order valence-electron chi connectivity index (χ4n) is 2.56. The van der Waals surface area contributed by atoms with E-state index in [1.807, 2.05) is 0 Å². The summed E-state index contributed by atoms with van der Waals surface area (Å²) >= 11 is 0. The Morgan fingerprint density at radius 3 is 2.31 bits per heavy atom. The quantitative estimate of drug-likeness (QED) is 0.687. The molecule has 1 N–H and O–H groups in total. The maximum absolute atomic E-state index is 5.96. The van der Waals surface area contributed by atoms with Gasteiger partial charge >= 0.3 is 0 Å². The second-order valence-corrected chi connectivity index (χ2v) is 5.33. The SMILES string of the molecule is CCCNC(C1CCC1)C(OCC)C(C)C. The minimum Gasteiger partial charge on any atom is -0.377 e. The maximum atomic E-state index is 5.96. The third-order valence-electron chi connectivity index (χ3n) is 3.66. The average Bonchev–Trinajstić information content (AvgIpc) is 2.17. The lowest BCUT2D eigenvalue weighted by Gasteiger charge is -2.40. The number of rotatable bonds is 8. The molecule has 2 unspecified atom stereocenters. The Hall–Kier alpha value is -0.0800. The number of nitrogens with one attached hydrogen (secondary N) is 1. The summed E-state index contributed by atoms with van der Waals surface area (Å²) in [6.45, 7) is 10.8. The molecule has 0 aromatic heterocycles. The minimum absolute atomic E-state index is 0.391. The Morgan fingerprint density at radius 1 is 1.25 bits per heavy atom. The molecule has 0 aliphatic heterocycles. The molecular weight excluding hydrogens is 198 g/mol. The molecule has 2 nitrogen and oxygen atoms in total. The fourth-order valence-corrected chi connectivity index (χ4v) is 2.56. The molecule has 1 aliphatic rings. The van der Waals surface area contributed by atoms with Gasteiger partial charge in [0.15, 0.2) is 0 Å². The van der Waals surface area contributed by atoms with Gasteiger partial charge in [0.05, 0.1) is 6.10 Å². The Balaban J connectivity index is 2.55. The molecule has 1 fully saturated rings. The van der Waals surface area contributed by atoms with Gasteiger partial charge < -0.3 is 10.1 Å². The molecule has 0 aromatic carbocycles. The van der Waals surface area contributed by atoms with Crippen LogP contribution in [0.25, 0.3) is 0 Å². The largest absolute Gasteiger partial charge is 0.377 e. The first kappa shape index (κ1) is 14.0. The first-order chi connectivity index (χ1) is 7.70. The van der Waals surface area contributed by atoms with Gasteiger partial charge in [-0.2, -0.15) is 0 Å². The van der Waals surface area contributed by atoms with Crippen LogP contribution in [0, 0.1) is 11.8 Å². The van der Waals surface area contributed by atoms with E-state index in [-0.39, 0.29) is 0 Å². The van der Waals surface area contributed by atoms with Gasteiger partial charge in [0.1, 0.15) is 0 Å². The van der Waals surface area contributed by atoms with Crippen molar-refractivity contribution in [1.82, 2.24) is 5.32 Å². The van der Waals surface area contributed by atoms with Gasteiger partial charge in [-0.15, -0.1) is 0 Å². The number of ether oxygens (including phenoxy) is 1. The van der Waals surface area contributed by atoms with Crippen molar-refractivity contribution < 1.29 is 4.74 Å². The molecule has 0 spiro atoms. The molecule has 0 radical (unpaired) electrons. The zero-order chi connectivity index (χ0) is 12.0. The molecular formula is C14H29NO. The average molecular weight is 227 g/mol. The normalized spacial score (nSPS) is 20.8. The van der Waals surface area contributed by atoms with E-state index in [4.69, 9.17) is 4.74 Å². The van der Waals surface area contributed by atoms with E-state index in [1.54, 1.807) is 0 Å². The van der Waals surface area contributed by atoms with Crippen LogP contribution >= 0.6 is 0 Å². The van der Waals surface area contributed by atoms with Crippen LogP contribution < -0.4 is 5.32 Å². The fraction of sp³-hybridized carbons (Fsp3) is 1.00. The highest BCUT2D eigenvalue weighted by Crippen LogP contribution is 2.33. The van der Waals surface area contributed by atoms with E-state index in [2.05, 4.69) is 33.0 Å². The number of hydrogen-bond donors (Lipinski definition) is 1. The van der Waals surface area contributed by atoms with Crippen LogP contribution in [0.1, 0.15) is 53.4 Å². The zero-order valence-electron chi connectivity index (χ0n) is 11.5. The van der Waals surface area contributed by atoms with Gasteiger partial charge in [0, 0.05) is 12.6 Å². The van der Waals surface area contributed by atoms with Crippen LogP contribution in [0.2, 0.25) is 0 Å². The lowest BCUT2D eigenvalue weighted by atomic mass is 9.75. The lowest BCUT2D eigenvalue weighted by molar-refractivity contribution is -0.0230. The molecule has 0 heterocycles. The third kappa shape index (κ3) is 3.74. The van der Waals surface area contributed by atoms with Gasteiger partial charge in [-0.1, -0.05) is 27.2 Å². The predicted octanol–water partition coefficient (Wildman–Crippen LogP) is 3.22. The molecule has 1 rings (SSSR count). The summed E-state index contributed by atoms with van der Waals surface area (Å²) in [7, 11) is 0. The summed E-state index contributed by atoms with van der Waals surface area (Å²) in [5.74, 6) is 1.46. The standard InChI is InChI=1S/C14H29NO/c1-5-10-15-13(12-8-7-9-12)14(11(3)4)16-6-2/h11-15H,5-10H2,1-4H3. The van der Waals surface area contributed by atoms with Gasteiger partial charge in [0.2, 0.25) is 0 Å². The van der Waals surface area contributed by atoms with Crippen LogP contribution in [-0.4, -0.2) is 25.3 Å². The maximum Gasteiger partial charge on any atom is 0.0753 e. The molecule has 0 amide bonds. The molecule has 16 heavy (non-hydrogen) atoms. The number of hydrogen-bond acceptors (Lipinski definition) is 2. The van der Waals surface area contributed by atoms with Gasteiger partial charge in [-0.05, 0) is 44.6 Å². The zero-order valence-corrected chi connectivity index (χ0v) is 11.5. The van der Waals surface area contributed by atoms with Crippen LogP contribution in [0.4, 0.5) is 0 Å². The van der Waals surface area contributed by atoms with E-state index in [9.17, 15) is 0 Å². The van der Waals surface area contributed by atoms with Crippen LogP contribution in [-0.2, 0) is 4.74 Å². The van der Waals surface area contributed by atoms with E-state index < -0.39 is 0 Å². The Morgan fingerprint density at radius 2 is 1.94 bits per heavy atom. The molecule has 96 valence electrons. The van der Waals surface area contributed by atoms with Crippen molar-refractivity contribution in [1.29, 1.82) is 0 Å². The molecule has 0 aromatic rings. The summed E-state index contributed by atoms with van der Waals surface area (Å²) < 4.78 is 5.96. The molecule has 2 heteroatoms. The van der Waals surface area contributed by atoms with E-state index in [0.717, 1.165) is 19.1 Å². The monoisotopic (exact) mass is 227 g/mol. The van der Waals surface area contributed by atoms with Gasteiger partial charge in [-0.25, -0.2) is 0 Å². The van der Waals surface area contributed by atoms with Crippen molar-refractivity contribution >= 4 is 0 Å². The van der Waals surface area contributed by atoms with Gasteiger partial charge in [-0.3, -0.25) is 0 Å². The van der Waals surface area contributed by atoms with Gasteiger partial charge in [0.25, 0.3) is 0 Å². The second kappa shape index (κ2) is 7.29. The summed E-state index contributed by atoms with van der Waals surface area (Å²) in [6.07, 6.45) is 5.78. The van der Waals surface area contributed by atoms with Crippen molar-refractivity contribution in [3.63, 3.8) is 0 Å². The molecule has 1 saturated carbocycles. The van der Waals surface area contributed by atoms with E-state index >= 15 is 0 Å². The van der Waals surface area contributed by atoms with Crippen LogP contribution in [0.3, 0.4) is 0 Å². The van der Waals surface area contributed by atoms with Crippen molar-refractivity contribution in [2.24, 2.45) is 11.8 Å². The van der Waals surface area contributed by atoms with Crippen LogP contribution in [0.5, 0.6) is 0 Å². The molecule has 0 bridgehead atoms. The molecule has 1 aliphatic carbocycles. The Labute approximate surface area is 101 Å². The Kier molecular flexibility index (Phi) is 6.37. The first-order valence-corrected chi connectivity index (χ1v) is 7.05. The van der Waals surface area contributed by atoms with Crippen molar-refractivity contribution in [2.45, 2.75) is 65.5 Å². The molecule has 0 saturated heterocycles. The summed E-state index contributed by atoms with van der Waals surface area (Å²) in [5, 5.41) is 3.71. The summed E-state index contributed by atoms with van der Waals surface area (Å²) in [5.41, 5.74) is 0. The highest BCUT2D eigenvalue weighted by molar-refractivity contribution is 4.89. The first-order valence-electron chi connectivity index (χ1n) is 7.05. The highest BCUT2D eigenvalue weighted by atomic mass is 16.5. The third-order valence-corrected chi connectivity index (χ3v) is 3.66. The molecule has 2 atom stereocenters. The minimum atomic E-state index is 0.391. The smallest absolute Gasteiger partial charge is 0.0753 e. The van der Waals surface area contributed by atoms with Crippen molar-refractivity contribution in [3.05, 3.63) is 0 Å². The van der Waals surface area contributed by atoms with Crippen LogP contribution in [0.15, 0.2) is 0 Å². The second-order valence-electron chi connectivity index (χ2n) is 5.33. The summed E-state index contributed by atoms with van der Waals surface area (Å²) in [4.78, 5) is 0.